The predicted octanol–water partition coefficient (Wildman–Crippen LogP) is 3.63. The molecular formula is C17H20INO2. The highest BCUT2D eigenvalue weighted by atomic mass is 127. The van der Waals surface area contributed by atoms with Crippen LogP contribution in [0.4, 0.5) is 0 Å². The minimum atomic E-state index is 0.108. The van der Waals surface area contributed by atoms with Gasteiger partial charge in [0.05, 0.1) is 12.6 Å². The first-order chi connectivity index (χ1) is 10.3. The maximum atomic E-state index is 5.85. The lowest BCUT2D eigenvalue weighted by Crippen LogP contribution is -2.20. The summed E-state index contributed by atoms with van der Waals surface area (Å²) in [6.07, 6.45) is 0. The fourth-order valence-electron chi connectivity index (χ4n) is 2.27. The number of methoxy groups -OCH3 is 1. The number of hydrogen-bond acceptors (Lipinski definition) is 3. The molecule has 0 saturated heterocycles. The number of ether oxygens (including phenoxy) is 2. The van der Waals surface area contributed by atoms with E-state index in [9.17, 15) is 0 Å². The van der Waals surface area contributed by atoms with Gasteiger partial charge in [-0.3, -0.25) is 0 Å². The second-order valence-electron chi connectivity index (χ2n) is 4.62. The molecule has 2 aromatic carbocycles. The van der Waals surface area contributed by atoms with Crippen LogP contribution >= 0.6 is 22.6 Å². The van der Waals surface area contributed by atoms with Crippen LogP contribution in [0.5, 0.6) is 5.75 Å². The molecule has 0 aromatic heterocycles. The lowest BCUT2D eigenvalue weighted by atomic mass is 9.98. The van der Waals surface area contributed by atoms with Crippen molar-refractivity contribution in [3.8, 4) is 5.75 Å². The molecule has 4 heteroatoms. The maximum Gasteiger partial charge on any atom is 0.124 e. The number of nitrogens with one attached hydrogen (secondary N) is 1. The lowest BCUT2D eigenvalue weighted by molar-refractivity contribution is 0.145. The van der Waals surface area contributed by atoms with E-state index >= 15 is 0 Å². The average Bonchev–Trinajstić information content (AvgIpc) is 2.51. The Bertz CT molecular complexity index is 574. The number of halogens is 1. The third-order valence-corrected chi connectivity index (χ3v) is 4.26. The van der Waals surface area contributed by atoms with Gasteiger partial charge in [-0.25, -0.2) is 0 Å². The molecular weight excluding hydrogens is 377 g/mol. The van der Waals surface area contributed by atoms with Crippen molar-refractivity contribution in [3.05, 3.63) is 63.2 Å². The Morgan fingerprint density at radius 2 is 1.67 bits per heavy atom. The topological polar surface area (TPSA) is 30.5 Å². The van der Waals surface area contributed by atoms with Crippen LogP contribution in [0.25, 0.3) is 0 Å². The first-order valence-electron chi connectivity index (χ1n) is 6.90. The lowest BCUT2D eigenvalue weighted by Gasteiger charge is -2.21. The van der Waals surface area contributed by atoms with Gasteiger partial charge < -0.3 is 14.8 Å². The van der Waals surface area contributed by atoms with E-state index in [0.717, 1.165) is 11.3 Å². The fraction of sp³-hybridized carbons (Fsp3) is 0.294. The molecule has 1 unspecified atom stereocenters. The largest absolute Gasteiger partial charge is 0.491 e. The normalized spacial score (nSPS) is 12.1. The number of benzene rings is 2. The van der Waals surface area contributed by atoms with Gasteiger partial charge in [0.1, 0.15) is 12.4 Å². The Morgan fingerprint density at radius 1 is 1.00 bits per heavy atom. The molecule has 3 nitrogen and oxygen atoms in total. The van der Waals surface area contributed by atoms with Gasteiger partial charge in [-0.1, -0.05) is 36.4 Å². The van der Waals surface area contributed by atoms with Crippen LogP contribution in [0.3, 0.4) is 0 Å². The summed E-state index contributed by atoms with van der Waals surface area (Å²) in [6, 6.07) is 16.6. The van der Waals surface area contributed by atoms with E-state index < -0.39 is 0 Å². The summed E-state index contributed by atoms with van der Waals surface area (Å²) < 4.78 is 12.1. The minimum Gasteiger partial charge on any atom is -0.491 e. The summed E-state index contributed by atoms with van der Waals surface area (Å²) >= 11 is 2.37. The Labute approximate surface area is 139 Å². The van der Waals surface area contributed by atoms with Crippen molar-refractivity contribution in [2.75, 3.05) is 27.4 Å². The van der Waals surface area contributed by atoms with Crippen LogP contribution in [0.2, 0.25) is 0 Å². The fourth-order valence-corrected chi connectivity index (χ4v) is 2.97. The summed E-state index contributed by atoms with van der Waals surface area (Å²) in [5.74, 6) is 0.897. The molecule has 0 bridgehead atoms. The second kappa shape index (κ2) is 8.36. The molecule has 0 heterocycles. The highest BCUT2D eigenvalue weighted by Gasteiger charge is 2.18. The molecule has 0 aliphatic rings. The van der Waals surface area contributed by atoms with Gasteiger partial charge in [-0.05, 0) is 47.3 Å². The highest BCUT2D eigenvalue weighted by molar-refractivity contribution is 14.1. The van der Waals surface area contributed by atoms with E-state index in [2.05, 4.69) is 58.2 Å². The van der Waals surface area contributed by atoms with Crippen molar-refractivity contribution < 1.29 is 9.47 Å². The van der Waals surface area contributed by atoms with Gasteiger partial charge in [0.15, 0.2) is 0 Å². The van der Waals surface area contributed by atoms with Crippen LogP contribution in [0, 0.1) is 3.57 Å². The van der Waals surface area contributed by atoms with Gasteiger partial charge in [0, 0.05) is 16.2 Å². The predicted molar refractivity (Wildman–Crippen MR) is 93.9 cm³/mol. The molecule has 0 spiro atoms. The van der Waals surface area contributed by atoms with Crippen LogP contribution < -0.4 is 10.1 Å². The molecule has 0 fully saturated rings. The zero-order valence-electron chi connectivity index (χ0n) is 12.3. The molecule has 1 atom stereocenters. The van der Waals surface area contributed by atoms with E-state index in [1.807, 2.05) is 25.2 Å². The van der Waals surface area contributed by atoms with E-state index in [-0.39, 0.29) is 6.04 Å². The van der Waals surface area contributed by atoms with Crippen molar-refractivity contribution >= 4 is 22.6 Å². The van der Waals surface area contributed by atoms with Crippen molar-refractivity contribution in [1.29, 1.82) is 0 Å². The van der Waals surface area contributed by atoms with Crippen LogP contribution in [0.1, 0.15) is 17.2 Å². The number of hydrogen-bond donors (Lipinski definition) is 1. The monoisotopic (exact) mass is 397 g/mol. The van der Waals surface area contributed by atoms with Gasteiger partial charge >= 0.3 is 0 Å². The summed E-state index contributed by atoms with van der Waals surface area (Å²) in [5, 5.41) is 3.39. The zero-order valence-corrected chi connectivity index (χ0v) is 14.5. The van der Waals surface area contributed by atoms with Crippen molar-refractivity contribution in [1.82, 2.24) is 5.32 Å². The highest BCUT2D eigenvalue weighted by Crippen LogP contribution is 2.31. The molecule has 1 N–H and O–H groups in total. The molecule has 2 rings (SSSR count). The quantitative estimate of drug-likeness (QED) is 0.572. The average molecular weight is 397 g/mol. The Balaban J connectivity index is 2.32. The van der Waals surface area contributed by atoms with Crippen LogP contribution in [0.15, 0.2) is 48.5 Å². The Morgan fingerprint density at radius 3 is 2.33 bits per heavy atom. The minimum absolute atomic E-state index is 0.108. The smallest absolute Gasteiger partial charge is 0.124 e. The van der Waals surface area contributed by atoms with E-state index in [1.54, 1.807) is 7.11 Å². The molecule has 2 aromatic rings. The molecule has 0 aliphatic heterocycles. The molecule has 0 radical (unpaired) electrons. The molecule has 0 aliphatic carbocycles. The molecule has 0 amide bonds. The summed E-state index contributed by atoms with van der Waals surface area (Å²) in [5.41, 5.74) is 2.39. The standard InChI is InChI=1S/C17H20INO2/c1-19-17(13-7-3-5-9-15(13)18)14-8-4-6-10-16(14)21-12-11-20-2/h3-10,17,19H,11-12H2,1-2H3. The Hall–Kier alpha value is -1.11. The van der Waals surface area contributed by atoms with Crippen molar-refractivity contribution in [2.24, 2.45) is 0 Å². The molecule has 112 valence electrons. The molecule has 21 heavy (non-hydrogen) atoms. The van der Waals surface area contributed by atoms with Crippen LogP contribution in [-0.2, 0) is 4.74 Å². The van der Waals surface area contributed by atoms with Gasteiger partial charge in [0.2, 0.25) is 0 Å². The summed E-state index contributed by atoms with van der Waals surface area (Å²) in [4.78, 5) is 0. The van der Waals surface area contributed by atoms with E-state index in [4.69, 9.17) is 9.47 Å². The Kier molecular flexibility index (Phi) is 6.48. The third-order valence-electron chi connectivity index (χ3n) is 3.28. The third kappa shape index (κ3) is 4.18. The van der Waals surface area contributed by atoms with Crippen molar-refractivity contribution in [3.63, 3.8) is 0 Å². The maximum absolute atomic E-state index is 5.85. The zero-order chi connectivity index (χ0) is 15.1. The first-order valence-corrected chi connectivity index (χ1v) is 7.98. The van der Waals surface area contributed by atoms with Crippen molar-refractivity contribution in [2.45, 2.75) is 6.04 Å². The van der Waals surface area contributed by atoms with Gasteiger partial charge in [-0.2, -0.15) is 0 Å². The first kappa shape index (κ1) is 16.3. The van der Waals surface area contributed by atoms with Gasteiger partial charge in [0.25, 0.3) is 0 Å². The van der Waals surface area contributed by atoms with E-state index in [1.165, 1.54) is 9.13 Å². The summed E-state index contributed by atoms with van der Waals surface area (Å²) in [7, 11) is 3.65. The number of rotatable bonds is 7. The number of para-hydroxylation sites is 1. The summed E-state index contributed by atoms with van der Waals surface area (Å²) in [6.45, 7) is 1.14. The SMILES string of the molecule is CNC(c1ccccc1I)c1ccccc1OCCOC. The van der Waals surface area contributed by atoms with Gasteiger partial charge in [-0.15, -0.1) is 0 Å². The van der Waals surface area contributed by atoms with E-state index in [0.29, 0.717) is 13.2 Å². The second-order valence-corrected chi connectivity index (χ2v) is 5.78. The van der Waals surface area contributed by atoms with Crippen LogP contribution in [-0.4, -0.2) is 27.4 Å². The molecule has 0 saturated carbocycles.